The number of rotatable bonds is 4. The van der Waals surface area contributed by atoms with E-state index in [2.05, 4.69) is 35.2 Å². The van der Waals surface area contributed by atoms with Gasteiger partial charge in [-0.3, -0.25) is 0 Å². The van der Waals surface area contributed by atoms with Gasteiger partial charge < -0.3 is 14.1 Å². The lowest BCUT2D eigenvalue weighted by Gasteiger charge is -2.26. The van der Waals surface area contributed by atoms with Gasteiger partial charge in [0.25, 0.3) is 0 Å². The van der Waals surface area contributed by atoms with Crippen LogP contribution < -0.4 is 4.90 Å². The van der Waals surface area contributed by atoms with Crippen LogP contribution in [0.5, 0.6) is 0 Å². The molecule has 4 heteroatoms. The SMILES string of the molecule is C1=C(c2nc(Cc3ccccc3)c(N3CCOCC3)o2)CCCC1. The number of anilines is 1. The molecule has 2 aliphatic rings. The summed E-state index contributed by atoms with van der Waals surface area (Å²) in [5, 5.41) is 0. The first-order valence-corrected chi connectivity index (χ1v) is 8.96. The third kappa shape index (κ3) is 3.39. The highest BCUT2D eigenvalue weighted by molar-refractivity contribution is 5.61. The molecule has 0 radical (unpaired) electrons. The van der Waals surface area contributed by atoms with E-state index in [1.807, 2.05) is 6.07 Å². The molecule has 0 atom stereocenters. The lowest BCUT2D eigenvalue weighted by atomic mass is 10.00. The topological polar surface area (TPSA) is 38.5 Å². The number of hydrogen-bond donors (Lipinski definition) is 0. The van der Waals surface area contributed by atoms with Crippen molar-refractivity contribution in [3.63, 3.8) is 0 Å². The zero-order chi connectivity index (χ0) is 16.2. The van der Waals surface area contributed by atoms with Crippen LogP contribution >= 0.6 is 0 Å². The van der Waals surface area contributed by atoms with Crippen molar-refractivity contribution in [1.29, 1.82) is 0 Å². The van der Waals surface area contributed by atoms with Gasteiger partial charge in [0.1, 0.15) is 5.69 Å². The Morgan fingerprint density at radius 3 is 2.62 bits per heavy atom. The van der Waals surface area contributed by atoms with E-state index < -0.39 is 0 Å². The molecule has 0 bridgehead atoms. The molecule has 1 aliphatic heterocycles. The van der Waals surface area contributed by atoms with Gasteiger partial charge in [-0.2, -0.15) is 0 Å². The van der Waals surface area contributed by atoms with E-state index >= 15 is 0 Å². The summed E-state index contributed by atoms with van der Waals surface area (Å²) >= 11 is 0. The number of aromatic nitrogens is 1. The summed E-state index contributed by atoms with van der Waals surface area (Å²) in [6, 6.07) is 10.5. The summed E-state index contributed by atoms with van der Waals surface area (Å²) in [4.78, 5) is 7.17. The average Bonchev–Trinajstić information content (AvgIpc) is 3.08. The van der Waals surface area contributed by atoms with Crippen molar-refractivity contribution in [2.75, 3.05) is 31.2 Å². The van der Waals surface area contributed by atoms with Crippen molar-refractivity contribution < 1.29 is 9.15 Å². The molecular weight excluding hydrogens is 300 g/mol. The van der Waals surface area contributed by atoms with E-state index in [-0.39, 0.29) is 0 Å². The first-order chi connectivity index (χ1) is 11.9. The summed E-state index contributed by atoms with van der Waals surface area (Å²) in [7, 11) is 0. The zero-order valence-corrected chi connectivity index (χ0v) is 14.0. The summed E-state index contributed by atoms with van der Waals surface area (Å²) in [5.74, 6) is 1.76. The van der Waals surface area contributed by atoms with Crippen molar-refractivity contribution in [1.82, 2.24) is 4.98 Å². The van der Waals surface area contributed by atoms with E-state index in [0.29, 0.717) is 0 Å². The number of oxazole rings is 1. The number of allylic oxidation sites excluding steroid dienone is 2. The third-order valence-corrected chi connectivity index (χ3v) is 4.76. The van der Waals surface area contributed by atoms with Gasteiger partial charge in [-0.25, -0.2) is 4.98 Å². The molecule has 2 heterocycles. The van der Waals surface area contributed by atoms with Crippen LogP contribution in [-0.4, -0.2) is 31.3 Å². The molecule has 2 aromatic rings. The molecule has 0 spiro atoms. The normalized spacial score (nSPS) is 18.5. The summed E-state index contributed by atoms with van der Waals surface area (Å²) in [6.45, 7) is 3.25. The van der Waals surface area contributed by atoms with Gasteiger partial charge in [0, 0.05) is 25.1 Å². The molecule has 126 valence electrons. The van der Waals surface area contributed by atoms with E-state index in [1.54, 1.807) is 0 Å². The number of benzene rings is 1. The first-order valence-electron chi connectivity index (χ1n) is 8.96. The highest BCUT2D eigenvalue weighted by Crippen LogP contribution is 2.32. The Morgan fingerprint density at radius 1 is 1.04 bits per heavy atom. The predicted molar refractivity (Wildman–Crippen MR) is 95.2 cm³/mol. The van der Waals surface area contributed by atoms with Crippen LogP contribution in [0.15, 0.2) is 40.8 Å². The second-order valence-electron chi connectivity index (χ2n) is 6.51. The van der Waals surface area contributed by atoms with Crippen LogP contribution in [0.25, 0.3) is 5.57 Å². The number of ether oxygens (including phenoxy) is 1. The van der Waals surface area contributed by atoms with Crippen LogP contribution in [0.1, 0.15) is 42.8 Å². The Kier molecular flexibility index (Phi) is 4.65. The second kappa shape index (κ2) is 7.22. The molecule has 0 saturated carbocycles. The molecule has 0 N–H and O–H groups in total. The van der Waals surface area contributed by atoms with Gasteiger partial charge in [0.2, 0.25) is 11.8 Å². The van der Waals surface area contributed by atoms with Gasteiger partial charge in [0.15, 0.2) is 0 Å². The minimum absolute atomic E-state index is 0.753. The molecule has 0 amide bonds. The molecule has 1 aromatic heterocycles. The van der Waals surface area contributed by atoms with Gasteiger partial charge >= 0.3 is 0 Å². The second-order valence-corrected chi connectivity index (χ2v) is 6.51. The molecule has 24 heavy (non-hydrogen) atoms. The van der Waals surface area contributed by atoms with Crippen molar-refractivity contribution in [3.8, 4) is 0 Å². The van der Waals surface area contributed by atoms with Gasteiger partial charge in [-0.1, -0.05) is 36.4 Å². The van der Waals surface area contributed by atoms with Gasteiger partial charge in [-0.05, 0) is 31.2 Å². The largest absolute Gasteiger partial charge is 0.421 e. The lowest BCUT2D eigenvalue weighted by Crippen LogP contribution is -2.36. The van der Waals surface area contributed by atoms with Crippen molar-refractivity contribution in [2.24, 2.45) is 0 Å². The number of nitrogens with zero attached hydrogens (tertiary/aromatic N) is 2. The molecule has 1 saturated heterocycles. The van der Waals surface area contributed by atoms with Crippen LogP contribution in [0.3, 0.4) is 0 Å². The van der Waals surface area contributed by atoms with Crippen LogP contribution in [0.2, 0.25) is 0 Å². The molecule has 1 fully saturated rings. The Morgan fingerprint density at radius 2 is 1.88 bits per heavy atom. The van der Waals surface area contributed by atoms with Crippen LogP contribution in [0, 0.1) is 0 Å². The number of hydrogen-bond acceptors (Lipinski definition) is 4. The Hall–Kier alpha value is -2.07. The van der Waals surface area contributed by atoms with Gasteiger partial charge in [-0.15, -0.1) is 0 Å². The van der Waals surface area contributed by atoms with E-state index in [1.165, 1.54) is 24.0 Å². The van der Waals surface area contributed by atoms with Crippen LogP contribution in [0.4, 0.5) is 5.88 Å². The molecule has 1 aliphatic carbocycles. The third-order valence-electron chi connectivity index (χ3n) is 4.76. The van der Waals surface area contributed by atoms with Crippen molar-refractivity contribution >= 4 is 11.5 Å². The van der Waals surface area contributed by atoms with E-state index in [0.717, 1.165) is 63.0 Å². The van der Waals surface area contributed by atoms with Crippen LogP contribution in [-0.2, 0) is 11.2 Å². The predicted octanol–water partition coefficient (Wildman–Crippen LogP) is 4.06. The Labute approximate surface area is 143 Å². The first kappa shape index (κ1) is 15.5. The number of morpholine rings is 1. The van der Waals surface area contributed by atoms with Gasteiger partial charge in [0.05, 0.1) is 13.2 Å². The zero-order valence-electron chi connectivity index (χ0n) is 14.0. The molecular formula is C20H24N2O2. The summed E-state index contributed by atoms with van der Waals surface area (Å²) < 4.78 is 11.7. The minimum Gasteiger partial charge on any atom is -0.421 e. The fourth-order valence-corrected chi connectivity index (χ4v) is 3.43. The van der Waals surface area contributed by atoms with E-state index in [4.69, 9.17) is 14.1 Å². The lowest BCUT2D eigenvalue weighted by molar-refractivity contribution is 0.120. The highest BCUT2D eigenvalue weighted by Gasteiger charge is 2.23. The maximum absolute atomic E-state index is 6.26. The maximum Gasteiger partial charge on any atom is 0.224 e. The monoisotopic (exact) mass is 324 g/mol. The highest BCUT2D eigenvalue weighted by atomic mass is 16.5. The fourth-order valence-electron chi connectivity index (χ4n) is 3.43. The van der Waals surface area contributed by atoms with Crippen molar-refractivity contribution in [2.45, 2.75) is 32.1 Å². The molecule has 1 aromatic carbocycles. The Balaban J connectivity index is 1.66. The Bertz CT molecular complexity index is 700. The molecule has 4 nitrogen and oxygen atoms in total. The smallest absolute Gasteiger partial charge is 0.224 e. The summed E-state index contributed by atoms with van der Waals surface area (Å²) in [6.07, 6.45) is 7.83. The fraction of sp³-hybridized carbons (Fsp3) is 0.450. The maximum atomic E-state index is 6.26. The average molecular weight is 324 g/mol. The molecule has 0 unspecified atom stereocenters. The van der Waals surface area contributed by atoms with E-state index in [9.17, 15) is 0 Å². The molecule has 4 rings (SSSR count). The minimum atomic E-state index is 0.753. The van der Waals surface area contributed by atoms with Crippen molar-refractivity contribution in [3.05, 3.63) is 53.6 Å². The summed E-state index contributed by atoms with van der Waals surface area (Å²) in [5.41, 5.74) is 3.59. The quantitative estimate of drug-likeness (QED) is 0.850. The standard InChI is InChI=1S/C20H24N2O2/c1-3-7-16(8-4-1)15-18-20(22-11-13-23-14-12-22)24-19(21-18)17-9-5-2-6-10-17/h1,3-4,7-9H,2,5-6,10-15H2.